The summed E-state index contributed by atoms with van der Waals surface area (Å²) in [6, 6.07) is 4.49. The highest BCUT2D eigenvalue weighted by Gasteiger charge is 2.32. The average Bonchev–Trinajstić information content (AvgIpc) is 2.41. The molecule has 0 aromatic heterocycles. The minimum absolute atomic E-state index is 0.251. The molecule has 0 radical (unpaired) electrons. The lowest BCUT2D eigenvalue weighted by molar-refractivity contribution is -0.149. The molecule has 1 saturated heterocycles. The average molecular weight is 305 g/mol. The van der Waals surface area contributed by atoms with E-state index in [-0.39, 0.29) is 12.4 Å². The Morgan fingerprint density at radius 3 is 2.19 bits per heavy atom. The number of halogens is 4. The lowest BCUT2D eigenvalue weighted by Crippen LogP contribution is -2.48. The van der Waals surface area contributed by atoms with Gasteiger partial charge in [0.1, 0.15) is 5.82 Å². The molecule has 1 aromatic rings. The number of benzene rings is 1. The molecule has 0 spiro atoms. The Bertz CT molecular complexity index is 468. The van der Waals surface area contributed by atoms with Crippen LogP contribution in [-0.2, 0) is 13.1 Å². The van der Waals surface area contributed by atoms with Crippen LogP contribution in [0, 0.1) is 5.82 Å². The standard InChI is InChI=1S/C14H19F4N3/c15-13-2-1-11(12(7-13)8-19)9-20-3-5-21(6-4-20)10-14(16,17)18/h1-2,7H,3-6,8-10,19H2. The summed E-state index contributed by atoms with van der Waals surface area (Å²) in [4.78, 5) is 3.48. The van der Waals surface area contributed by atoms with Crippen LogP contribution in [0.2, 0.25) is 0 Å². The molecule has 0 unspecified atom stereocenters. The highest BCUT2D eigenvalue weighted by atomic mass is 19.4. The molecule has 1 aliphatic heterocycles. The molecule has 0 amide bonds. The number of hydrogen-bond donors (Lipinski definition) is 1. The van der Waals surface area contributed by atoms with Crippen molar-refractivity contribution >= 4 is 0 Å². The van der Waals surface area contributed by atoms with Crippen LogP contribution in [-0.4, -0.2) is 48.7 Å². The maximum Gasteiger partial charge on any atom is 0.401 e. The van der Waals surface area contributed by atoms with E-state index in [0.717, 1.165) is 11.1 Å². The largest absolute Gasteiger partial charge is 0.401 e. The van der Waals surface area contributed by atoms with Crippen LogP contribution in [0.3, 0.4) is 0 Å². The van der Waals surface area contributed by atoms with Crippen molar-refractivity contribution in [2.45, 2.75) is 19.3 Å². The van der Waals surface area contributed by atoms with Gasteiger partial charge in [-0.2, -0.15) is 13.2 Å². The van der Waals surface area contributed by atoms with Gasteiger partial charge in [-0.15, -0.1) is 0 Å². The first-order valence-electron chi connectivity index (χ1n) is 6.86. The van der Waals surface area contributed by atoms with E-state index in [2.05, 4.69) is 4.90 Å². The van der Waals surface area contributed by atoms with Gasteiger partial charge in [-0.05, 0) is 23.3 Å². The van der Waals surface area contributed by atoms with Gasteiger partial charge in [0.05, 0.1) is 6.54 Å². The second kappa shape index (κ2) is 6.72. The highest BCUT2D eigenvalue weighted by molar-refractivity contribution is 5.27. The summed E-state index contributed by atoms with van der Waals surface area (Å²) < 4.78 is 50.1. The molecule has 1 heterocycles. The molecule has 1 fully saturated rings. The first-order chi connectivity index (χ1) is 9.87. The fourth-order valence-corrected chi connectivity index (χ4v) is 2.54. The summed E-state index contributed by atoms with van der Waals surface area (Å²) in [6.07, 6.45) is -4.15. The van der Waals surface area contributed by atoms with Crippen molar-refractivity contribution in [1.82, 2.24) is 9.80 Å². The maximum absolute atomic E-state index is 13.1. The van der Waals surface area contributed by atoms with Crippen molar-refractivity contribution in [2.75, 3.05) is 32.7 Å². The third kappa shape index (κ3) is 4.94. The molecule has 1 aliphatic rings. The Kier molecular flexibility index (Phi) is 5.18. The summed E-state index contributed by atoms with van der Waals surface area (Å²) in [7, 11) is 0. The Morgan fingerprint density at radius 2 is 1.62 bits per heavy atom. The number of rotatable bonds is 4. The summed E-state index contributed by atoms with van der Waals surface area (Å²) in [5.74, 6) is -0.325. The van der Waals surface area contributed by atoms with E-state index in [1.807, 2.05) is 0 Å². The summed E-state index contributed by atoms with van der Waals surface area (Å²) in [5.41, 5.74) is 7.27. The number of piperazine rings is 1. The van der Waals surface area contributed by atoms with E-state index in [1.54, 1.807) is 6.07 Å². The molecule has 0 aliphatic carbocycles. The zero-order valence-electron chi connectivity index (χ0n) is 11.7. The number of nitrogens with two attached hydrogens (primary N) is 1. The van der Waals surface area contributed by atoms with E-state index < -0.39 is 12.7 Å². The zero-order chi connectivity index (χ0) is 15.5. The van der Waals surface area contributed by atoms with E-state index in [0.29, 0.717) is 32.7 Å². The Hall–Kier alpha value is -1.18. The number of nitrogens with zero attached hydrogens (tertiary/aromatic N) is 2. The zero-order valence-corrected chi connectivity index (χ0v) is 11.7. The van der Waals surface area contributed by atoms with Crippen LogP contribution in [0.15, 0.2) is 18.2 Å². The molecule has 3 nitrogen and oxygen atoms in total. The Balaban J connectivity index is 1.89. The topological polar surface area (TPSA) is 32.5 Å². The molecule has 0 saturated carbocycles. The molecule has 7 heteroatoms. The normalized spacial score (nSPS) is 18.1. The van der Waals surface area contributed by atoms with Gasteiger partial charge >= 0.3 is 6.18 Å². The maximum atomic E-state index is 13.1. The first kappa shape index (κ1) is 16.2. The molecule has 21 heavy (non-hydrogen) atoms. The smallest absolute Gasteiger partial charge is 0.326 e. The fourth-order valence-electron chi connectivity index (χ4n) is 2.54. The lowest BCUT2D eigenvalue weighted by atomic mass is 10.1. The Labute approximate surface area is 121 Å². The monoisotopic (exact) mass is 305 g/mol. The van der Waals surface area contributed by atoms with Gasteiger partial charge in [0.15, 0.2) is 0 Å². The second-order valence-electron chi connectivity index (χ2n) is 5.28. The van der Waals surface area contributed by atoms with E-state index >= 15 is 0 Å². The summed E-state index contributed by atoms with van der Waals surface area (Å²) in [6.45, 7) is 1.89. The fraction of sp³-hybridized carbons (Fsp3) is 0.571. The molecule has 1 aromatic carbocycles. The third-order valence-electron chi connectivity index (χ3n) is 3.65. The number of hydrogen-bond acceptors (Lipinski definition) is 3. The van der Waals surface area contributed by atoms with Crippen molar-refractivity contribution < 1.29 is 17.6 Å². The highest BCUT2D eigenvalue weighted by Crippen LogP contribution is 2.19. The molecular formula is C14H19F4N3. The van der Waals surface area contributed by atoms with Crippen molar-refractivity contribution in [3.63, 3.8) is 0 Å². The van der Waals surface area contributed by atoms with E-state index in [4.69, 9.17) is 5.73 Å². The van der Waals surface area contributed by atoms with Crippen molar-refractivity contribution in [3.05, 3.63) is 35.1 Å². The predicted octanol–water partition coefficient (Wildman–Crippen LogP) is 1.96. The molecule has 2 rings (SSSR count). The van der Waals surface area contributed by atoms with Crippen LogP contribution in [0.1, 0.15) is 11.1 Å². The third-order valence-corrected chi connectivity index (χ3v) is 3.65. The van der Waals surface area contributed by atoms with Gasteiger partial charge in [-0.3, -0.25) is 9.80 Å². The SMILES string of the molecule is NCc1cc(F)ccc1CN1CCN(CC(F)(F)F)CC1. The lowest BCUT2D eigenvalue weighted by Gasteiger charge is -2.35. The van der Waals surface area contributed by atoms with Crippen molar-refractivity contribution in [3.8, 4) is 0 Å². The van der Waals surface area contributed by atoms with Gasteiger partial charge in [0, 0.05) is 39.3 Å². The van der Waals surface area contributed by atoms with Crippen molar-refractivity contribution in [2.24, 2.45) is 5.73 Å². The molecule has 0 bridgehead atoms. The van der Waals surface area contributed by atoms with Gasteiger partial charge in [-0.1, -0.05) is 6.07 Å². The Morgan fingerprint density at radius 1 is 1.00 bits per heavy atom. The van der Waals surface area contributed by atoms with Gasteiger partial charge in [0.2, 0.25) is 0 Å². The molecular weight excluding hydrogens is 286 g/mol. The van der Waals surface area contributed by atoms with Crippen LogP contribution in [0.5, 0.6) is 0 Å². The minimum atomic E-state index is -4.15. The summed E-state index contributed by atoms with van der Waals surface area (Å²) in [5, 5.41) is 0. The summed E-state index contributed by atoms with van der Waals surface area (Å²) >= 11 is 0. The number of alkyl halides is 3. The molecule has 2 N–H and O–H groups in total. The predicted molar refractivity (Wildman–Crippen MR) is 72.1 cm³/mol. The van der Waals surface area contributed by atoms with Gasteiger partial charge in [-0.25, -0.2) is 4.39 Å². The van der Waals surface area contributed by atoms with Gasteiger partial charge < -0.3 is 5.73 Å². The van der Waals surface area contributed by atoms with Crippen LogP contribution in [0.4, 0.5) is 17.6 Å². The van der Waals surface area contributed by atoms with E-state index in [1.165, 1.54) is 17.0 Å². The minimum Gasteiger partial charge on any atom is -0.326 e. The molecule has 118 valence electrons. The van der Waals surface area contributed by atoms with Crippen molar-refractivity contribution in [1.29, 1.82) is 0 Å². The quantitative estimate of drug-likeness (QED) is 0.863. The van der Waals surface area contributed by atoms with Crippen LogP contribution >= 0.6 is 0 Å². The van der Waals surface area contributed by atoms with E-state index in [9.17, 15) is 17.6 Å². The molecule has 0 atom stereocenters. The van der Waals surface area contributed by atoms with Crippen LogP contribution < -0.4 is 5.73 Å². The van der Waals surface area contributed by atoms with Gasteiger partial charge in [0.25, 0.3) is 0 Å². The second-order valence-corrected chi connectivity index (χ2v) is 5.28. The first-order valence-corrected chi connectivity index (χ1v) is 6.86. The van der Waals surface area contributed by atoms with Crippen LogP contribution in [0.25, 0.3) is 0 Å².